The van der Waals surface area contributed by atoms with Gasteiger partial charge in [0, 0.05) is 12.5 Å². The Hall–Kier alpha value is -3.32. The molecule has 0 aliphatic carbocycles. The summed E-state index contributed by atoms with van der Waals surface area (Å²) in [5.74, 6) is -3.59. The molecule has 10 atom stereocenters. The number of ketones is 1. The second kappa shape index (κ2) is 17.7. The van der Waals surface area contributed by atoms with Gasteiger partial charge in [-0.3, -0.25) is 9.59 Å². The zero-order chi connectivity index (χ0) is 34.8. The molecule has 2 aliphatic rings. The van der Waals surface area contributed by atoms with Crippen molar-refractivity contribution in [3.05, 3.63) is 48.6 Å². The average Bonchev–Trinajstić information content (AvgIpc) is 3.41. The summed E-state index contributed by atoms with van der Waals surface area (Å²) in [5.41, 5.74) is 0.932. The molecule has 12 nitrogen and oxygen atoms in total. The minimum Gasteiger partial charge on any atom is -0.447 e. The molecule has 1 N–H and O–H groups in total. The number of aliphatic hydroxyl groups excluding tert-OH is 1. The second-order valence-corrected chi connectivity index (χ2v) is 13.1. The number of Topliss-reactive ketones (excluding diaryl/α,β-unsaturated/α-hetero) is 1. The highest BCUT2D eigenvalue weighted by atomic mass is 16.8. The van der Waals surface area contributed by atoms with Crippen LogP contribution in [0.3, 0.4) is 0 Å². The van der Waals surface area contributed by atoms with E-state index in [1.165, 1.54) is 14.0 Å². The van der Waals surface area contributed by atoms with Gasteiger partial charge in [0.05, 0.1) is 37.3 Å². The molecule has 2 fully saturated rings. The van der Waals surface area contributed by atoms with Crippen molar-refractivity contribution in [2.45, 2.75) is 90.1 Å². The van der Waals surface area contributed by atoms with Crippen molar-refractivity contribution in [2.24, 2.45) is 23.7 Å². The van der Waals surface area contributed by atoms with Crippen LogP contribution in [0.5, 0.6) is 0 Å². The van der Waals surface area contributed by atoms with Crippen molar-refractivity contribution in [1.29, 1.82) is 0 Å². The minimum atomic E-state index is -1.19. The molecule has 8 unspecified atom stereocenters. The second-order valence-electron chi connectivity index (χ2n) is 13.1. The number of aliphatic hydroxyl groups is 1. The van der Waals surface area contributed by atoms with Crippen molar-refractivity contribution in [2.75, 3.05) is 34.4 Å². The molecule has 0 saturated carbocycles. The Bertz CT molecular complexity index is 1210. The molecule has 3 rings (SSSR count). The lowest BCUT2D eigenvalue weighted by Gasteiger charge is -2.45. The first-order valence-electron chi connectivity index (χ1n) is 16.3. The van der Waals surface area contributed by atoms with Crippen molar-refractivity contribution >= 4 is 23.9 Å². The zero-order valence-corrected chi connectivity index (χ0v) is 28.7. The van der Waals surface area contributed by atoms with Crippen LogP contribution in [0.15, 0.2) is 43.0 Å². The molecule has 2 heterocycles. The molecule has 0 spiro atoms. The summed E-state index contributed by atoms with van der Waals surface area (Å²) in [6, 6.07) is 8.61. The number of hydrogen-bond donors (Lipinski definition) is 1. The third-order valence-corrected chi connectivity index (χ3v) is 9.14. The van der Waals surface area contributed by atoms with Crippen LogP contribution in [-0.4, -0.2) is 110 Å². The van der Waals surface area contributed by atoms with E-state index in [1.807, 2.05) is 63.2 Å². The van der Waals surface area contributed by atoms with Gasteiger partial charge < -0.3 is 33.7 Å². The quantitative estimate of drug-likeness (QED) is 0.155. The van der Waals surface area contributed by atoms with Crippen LogP contribution >= 0.6 is 0 Å². The number of carbonyl (C=O) groups is 4. The fourth-order valence-corrected chi connectivity index (χ4v) is 6.54. The van der Waals surface area contributed by atoms with E-state index in [0.29, 0.717) is 25.7 Å². The van der Waals surface area contributed by atoms with Gasteiger partial charge in [0.2, 0.25) is 5.91 Å². The summed E-state index contributed by atoms with van der Waals surface area (Å²) < 4.78 is 28.6. The molecule has 2 aliphatic heterocycles. The molecule has 2 saturated heterocycles. The summed E-state index contributed by atoms with van der Waals surface area (Å²) in [6.45, 7) is 10.8. The van der Waals surface area contributed by atoms with Gasteiger partial charge >= 0.3 is 12.2 Å². The minimum absolute atomic E-state index is 0.0357. The first kappa shape index (κ1) is 38.1. The molecule has 1 aromatic rings. The predicted molar refractivity (Wildman–Crippen MR) is 173 cm³/mol. The van der Waals surface area contributed by atoms with E-state index in [4.69, 9.17) is 23.7 Å². The number of carbonyl (C=O) groups excluding carboxylic acids is 4. The van der Waals surface area contributed by atoms with Crippen LogP contribution in [0.25, 0.3) is 0 Å². The van der Waals surface area contributed by atoms with Gasteiger partial charge in [-0.15, -0.1) is 6.58 Å². The van der Waals surface area contributed by atoms with Crippen LogP contribution in [0.1, 0.15) is 52.5 Å². The van der Waals surface area contributed by atoms with Crippen molar-refractivity contribution in [3.8, 4) is 0 Å². The lowest BCUT2D eigenvalue weighted by atomic mass is 9.79. The molecular weight excluding hydrogens is 608 g/mol. The molecule has 12 heteroatoms. The Morgan fingerprint density at radius 2 is 1.85 bits per heavy atom. The van der Waals surface area contributed by atoms with Gasteiger partial charge in [-0.25, -0.2) is 14.5 Å². The number of nitrogens with zero attached hydrogens (tertiary/aromatic N) is 2. The van der Waals surface area contributed by atoms with Crippen LogP contribution in [0.2, 0.25) is 0 Å². The van der Waals surface area contributed by atoms with Gasteiger partial charge in [0.25, 0.3) is 0 Å². The standard InChI is InChI=1S/C35H52N2O10/c1-9-13-26(16-21(2)19-38)30(46-33-31(47-35(42)43-8)28(36(6)7)17-22(3)45-33)23(4)29(39)24(5)32(40)37-27(20-44-34(37)41)18-25-14-11-10-12-15-25/h9-12,14-15,21-24,26-28,30-31,33,38H,1,13,16-20H2,2-8H3/t21?,22?,23?,24-,26?,27-,28?,30?,31?,33?/m1/s1. The summed E-state index contributed by atoms with van der Waals surface area (Å²) in [4.78, 5) is 56.1. The Labute approximate surface area is 278 Å². The fraction of sp³-hybridized carbons (Fsp3) is 0.657. The molecule has 262 valence electrons. The maximum absolute atomic E-state index is 14.2. The number of cyclic esters (lactones) is 1. The smallest absolute Gasteiger partial charge is 0.447 e. The average molecular weight is 661 g/mol. The third kappa shape index (κ3) is 9.85. The van der Waals surface area contributed by atoms with Crippen molar-refractivity contribution < 1.29 is 48.0 Å². The molecule has 47 heavy (non-hydrogen) atoms. The van der Waals surface area contributed by atoms with E-state index in [-0.39, 0.29) is 37.2 Å². The highest BCUT2D eigenvalue weighted by Gasteiger charge is 2.47. The summed E-state index contributed by atoms with van der Waals surface area (Å²) >= 11 is 0. The van der Waals surface area contributed by atoms with E-state index in [1.54, 1.807) is 13.0 Å². The highest BCUT2D eigenvalue weighted by molar-refractivity contribution is 6.07. The molecule has 0 bridgehead atoms. The molecule has 0 radical (unpaired) electrons. The summed E-state index contributed by atoms with van der Waals surface area (Å²) in [5, 5.41) is 9.91. The predicted octanol–water partition coefficient (Wildman–Crippen LogP) is 4.23. The number of ether oxygens (including phenoxy) is 5. The van der Waals surface area contributed by atoms with E-state index < -0.39 is 60.3 Å². The highest BCUT2D eigenvalue weighted by Crippen LogP contribution is 2.35. The number of allylic oxidation sites excluding steroid dienone is 1. The lowest BCUT2D eigenvalue weighted by Crippen LogP contribution is -2.57. The normalized spacial score (nSPS) is 26.1. The Balaban J connectivity index is 1.93. The lowest BCUT2D eigenvalue weighted by molar-refractivity contribution is -0.280. The Kier molecular flexibility index (Phi) is 14.4. The monoisotopic (exact) mass is 660 g/mol. The molecule has 1 aromatic carbocycles. The summed E-state index contributed by atoms with van der Waals surface area (Å²) in [7, 11) is 4.94. The topological polar surface area (TPSA) is 141 Å². The van der Waals surface area contributed by atoms with Gasteiger partial charge in [0.15, 0.2) is 12.4 Å². The van der Waals surface area contributed by atoms with Crippen LogP contribution in [0.4, 0.5) is 9.59 Å². The number of rotatable bonds is 16. The van der Waals surface area contributed by atoms with E-state index in [0.717, 1.165) is 10.5 Å². The number of hydrogen-bond acceptors (Lipinski definition) is 11. The van der Waals surface area contributed by atoms with E-state index in [9.17, 15) is 24.3 Å². The first-order chi connectivity index (χ1) is 22.3. The van der Waals surface area contributed by atoms with Gasteiger partial charge in [-0.1, -0.05) is 50.3 Å². The summed E-state index contributed by atoms with van der Waals surface area (Å²) in [6.07, 6.45) is -1.16. The molecule has 0 aromatic heterocycles. The van der Waals surface area contributed by atoms with Crippen LogP contribution in [-0.2, 0) is 39.7 Å². The number of benzene rings is 1. The van der Waals surface area contributed by atoms with E-state index in [2.05, 4.69) is 6.58 Å². The van der Waals surface area contributed by atoms with Crippen molar-refractivity contribution in [1.82, 2.24) is 9.80 Å². The van der Waals surface area contributed by atoms with E-state index >= 15 is 0 Å². The zero-order valence-electron chi connectivity index (χ0n) is 28.7. The van der Waals surface area contributed by atoms with Crippen LogP contribution in [0, 0.1) is 23.7 Å². The maximum Gasteiger partial charge on any atom is 0.508 e. The third-order valence-electron chi connectivity index (χ3n) is 9.14. The SMILES string of the molecule is C=CCC(CC(C)CO)C(OC1OC(C)CC(N(C)C)C1OC(=O)OC)C(C)C(=O)[C@@H](C)C(=O)N1C(=O)OC[C@H]1Cc1ccccc1. The Morgan fingerprint density at radius 1 is 1.17 bits per heavy atom. The van der Waals surface area contributed by atoms with Gasteiger partial charge in [-0.2, -0.15) is 0 Å². The van der Waals surface area contributed by atoms with Gasteiger partial charge in [-0.05, 0) is 71.0 Å². The molecule has 2 amide bonds. The number of likely N-dealkylation sites (N-methyl/N-ethyl adjacent to an activating group) is 1. The maximum atomic E-state index is 14.2. The molecular formula is C35H52N2O10. The number of amides is 2. The Morgan fingerprint density at radius 3 is 2.45 bits per heavy atom. The fourth-order valence-electron chi connectivity index (χ4n) is 6.54. The number of imide groups is 1. The largest absolute Gasteiger partial charge is 0.508 e. The van der Waals surface area contributed by atoms with Crippen LogP contribution < -0.4 is 0 Å². The number of methoxy groups -OCH3 is 1. The first-order valence-corrected chi connectivity index (χ1v) is 16.3. The van der Waals surface area contributed by atoms with Gasteiger partial charge in [0.1, 0.15) is 12.4 Å². The van der Waals surface area contributed by atoms with Crippen molar-refractivity contribution in [3.63, 3.8) is 0 Å².